The maximum Gasteiger partial charge on any atom is 0.393 e. The van der Waals surface area contributed by atoms with E-state index in [0.29, 0.717) is 25.3 Å². The van der Waals surface area contributed by atoms with Gasteiger partial charge in [-0.1, -0.05) is 40.5 Å². The molecule has 1 aliphatic carbocycles. The minimum absolute atomic E-state index is 0.0353. The zero-order valence-electron chi connectivity index (χ0n) is 11.9. The second-order valence-corrected chi connectivity index (χ2v) is 6.56. The average molecular weight is 265 g/mol. The predicted octanol–water partition coefficient (Wildman–Crippen LogP) is 4.38. The summed E-state index contributed by atoms with van der Waals surface area (Å²) >= 11 is 0. The topological polar surface area (TPSA) is 12.0 Å². The Kier molecular flexibility index (Phi) is 5.10. The summed E-state index contributed by atoms with van der Waals surface area (Å²) in [6, 6.07) is -0.392. The van der Waals surface area contributed by atoms with Crippen LogP contribution in [0.4, 0.5) is 13.2 Å². The van der Waals surface area contributed by atoms with E-state index in [-0.39, 0.29) is 11.8 Å². The first kappa shape index (κ1) is 15.8. The van der Waals surface area contributed by atoms with E-state index in [1.54, 1.807) is 0 Å². The molecule has 0 bridgehead atoms. The van der Waals surface area contributed by atoms with E-state index in [1.807, 2.05) is 0 Å². The Bertz CT molecular complexity index is 258. The van der Waals surface area contributed by atoms with Crippen LogP contribution in [0.1, 0.15) is 53.4 Å². The van der Waals surface area contributed by atoms with Crippen molar-refractivity contribution in [2.75, 3.05) is 6.54 Å². The monoisotopic (exact) mass is 265 g/mol. The lowest BCUT2D eigenvalue weighted by Crippen LogP contribution is -2.48. The number of halogens is 3. The highest BCUT2D eigenvalue weighted by molar-refractivity contribution is 4.87. The molecule has 18 heavy (non-hydrogen) atoms. The molecule has 2 atom stereocenters. The van der Waals surface area contributed by atoms with Crippen molar-refractivity contribution >= 4 is 0 Å². The molecule has 0 aromatic heterocycles. The Hall–Kier alpha value is -0.250. The largest absolute Gasteiger partial charge is 0.393 e. The standard InChI is InChI=1S/C14H26F3N/c1-10(2)13(3,4)9-18-12-8-6-5-7-11(12)14(15,16)17/h10-12,18H,5-9H2,1-4H3. The molecule has 0 heterocycles. The first-order valence-electron chi connectivity index (χ1n) is 6.94. The molecule has 108 valence electrons. The molecule has 1 saturated carbocycles. The molecule has 1 rings (SSSR count). The van der Waals surface area contributed by atoms with E-state index in [9.17, 15) is 13.2 Å². The van der Waals surface area contributed by atoms with Gasteiger partial charge in [-0.25, -0.2) is 0 Å². The molecule has 0 amide bonds. The van der Waals surface area contributed by atoms with E-state index < -0.39 is 18.1 Å². The van der Waals surface area contributed by atoms with Gasteiger partial charge in [0.2, 0.25) is 0 Å². The van der Waals surface area contributed by atoms with Gasteiger partial charge in [0.15, 0.2) is 0 Å². The number of hydrogen-bond acceptors (Lipinski definition) is 1. The smallest absolute Gasteiger partial charge is 0.313 e. The van der Waals surface area contributed by atoms with Gasteiger partial charge in [-0.2, -0.15) is 13.2 Å². The average Bonchev–Trinajstić information content (AvgIpc) is 2.25. The van der Waals surface area contributed by atoms with Crippen LogP contribution >= 0.6 is 0 Å². The van der Waals surface area contributed by atoms with Gasteiger partial charge in [-0.15, -0.1) is 0 Å². The van der Waals surface area contributed by atoms with Crippen molar-refractivity contribution in [2.24, 2.45) is 17.3 Å². The maximum atomic E-state index is 12.9. The fourth-order valence-corrected chi connectivity index (χ4v) is 2.37. The van der Waals surface area contributed by atoms with Gasteiger partial charge >= 0.3 is 6.18 Å². The van der Waals surface area contributed by atoms with Crippen LogP contribution in [-0.4, -0.2) is 18.8 Å². The summed E-state index contributed by atoms with van der Waals surface area (Å²) in [5, 5.41) is 3.18. The molecule has 2 unspecified atom stereocenters. The van der Waals surface area contributed by atoms with Crippen LogP contribution in [0.3, 0.4) is 0 Å². The number of hydrogen-bond donors (Lipinski definition) is 1. The van der Waals surface area contributed by atoms with Crippen molar-refractivity contribution in [3.8, 4) is 0 Å². The summed E-state index contributed by atoms with van der Waals surface area (Å²) in [4.78, 5) is 0. The molecule has 0 aromatic carbocycles. The minimum atomic E-state index is -4.06. The van der Waals surface area contributed by atoms with Gasteiger partial charge in [0.1, 0.15) is 0 Å². The molecular weight excluding hydrogens is 239 g/mol. The third kappa shape index (κ3) is 4.15. The molecule has 0 aliphatic heterocycles. The number of nitrogens with one attached hydrogen (secondary N) is 1. The van der Waals surface area contributed by atoms with Crippen LogP contribution in [0.2, 0.25) is 0 Å². The first-order chi connectivity index (χ1) is 8.14. The van der Waals surface area contributed by atoms with E-state index in [0.717, 1.165) is 6.42 Å². The molecule has 0 radical (unpaired) electrons. The highest BCUT2D eigenvalue weighted by atomic mass is 19.4. The number of rotatable bonds is 4. The predicted molar refractivity (Wildman–Crippen MR) is 68.4 cm³/mol. The second-order valence-electron chi connectivity index (χ2n) is 6.56. The third-order valence-corrected chi connectivity index (χ3v) is 4.57. The third-order valence-electron chi connectivity index (χ3n) is 4.57. The fraction of sp³-hybridized carbons (Fsp3) is 1.00. The maximum absolute atomic E-state index is 12.9. The van der Waals surface area contributed by atoms with Crippen LogP contribution < -0.4 is 5.32 Å². The van der Waals surface area contributed by atoms with Crippen LogP contribution in [0.15, 0.2) is 0 Å². The van der Waals surface area contributed by atoms with Crippen molar-refractivity contribution in [1.29, 1.82) is 0 Å². The van der Waals surface area contributed by atoms with Gasteiger partial charge in [0.05, 0.1) is 5.92 Å². The molecule has 4 heteroatoms. The molecule has 1 fully saturated rings. The van der Waals surface area contributed by atoms with E-state index in [1.165, 1.54) is 0 Å². The van der Waals surface area contributed by atoms with Crippen molar-refractivity contribution in [1.82, 2.24) is 5.32 Å². The second kappa shape index (κ2) is 5.81. The van der Waals surface area contributed by atoms with Gasteiger partial charge in [0.25, 0.3) is 0 Å². The van der Waals surface area contributed by atoms with Crippen molar-refractivity contribution < 1.29 is 13.2 Å². The van der Waals surface area contributed by atoms with E-state index in [2.05, 4.69) is 33.0 Å². The molecule has 0 saturated heterocycles. The van der Waals surface area contributed by atoms with E-state index in [4.69, 9.17) is 0 Å². The summed E-state index contributed by atoms with van der Waals surface area (Å²) in [6.07, 6.45) is -1.51. The van der Waals surface area contributed by atoms with Crippen molar-refractivity contribution in [3.05, 3.63) is 0 Å². The molecule has 1 N–H and O–H groups in total. The van der Waals surface area contributed by atoms with Gasteiger partial charge in [-0.05, 0) is 24.2 Å². The lowest BCUT2D eigenvalue weighted by molar-refractivity contribution is -0.189. The Morgan fingerprint density at radius 1 is 1.11 bits per heavy atom. The van der Waals surface area contributed by atoms with Crippen LogP contribution in [0.5, 0.6) is 0 Å². The highest BCUT2D eigenvalue weighted by Gasteiger charge is 2.45. The Morgan fingerprint density at radius 2 is 1.67 bits per heavy atom. The normalized spacial score (nSPS) is 26.7. The van der Waals surface area contributed by atoms with Gasteiger partial charge < -0.3 is 5.32 Å². The Morgan fingerprint density at radius 3 is 2.17 bits per heavy atom. The molecule has 1 nitrogen and oxygen atoms in total. The zero-order valence-corrected chi connectivity index (χ0v) is 11.9. The Labute approximate surface area is 109 Å². The van der Waals surface area contributed by atoms with Gasteiger partial charge in [-0.3, -0.25) is 0 Å². The fourth-order valence-electron chi connectivity index (χ4n) is 2.37. The summed E-state index contributed by atoms with van der Waals surface area (Å²) in [6.45, 7) is 9.10. The summed E-state index contributed by atoms with van der Waals surface area (Å²) in [7, 11) is 0. The molecule has 1 aliphatic rings. The number of alkyl halides is 3. The lowest BCUT2D eigenvalue weighted by atomic mass is 9.79. The molecule has 0 spiro atoms. The molecule has 0 aromatic rings. The summed E-state index contributed by atoms with van der Waals surface area (Å²) < 4.78 is 38.8. The van der Waals surface area contributed by atoms with Crippen LogP contribution in [-0.2, 0) is 0 Å². The first-order valence-corrected chi connectivity index (χ1v) is 6.94. The Balaban J connectivity index is 2.58. The quantitative estimate of drug-likeness (QED) is 0.795. The minimum Gasteiger partial charge on any atom is -0.313 e. The zero-order chi connectivity index (χ0) is 14.0. The van der Waals surface area contributed by atoms with E-state index >= 15 is 0 Å². The van der Waals surface area contributed by atoms with Crippen LogP contribution in [0.25, 0.3) is 0 Å². The van der Waals surface area contributed by atoms with Crippen molar-refractivity contribution in [2.45, 2.75) is 65.6 Å². The highest BCUT2D eigenvalue weighted by Crippen LogP contribution is 2.38. The van der Waals surface area contributed by atoms with Crippen LogP contribution in [0, 0.1) is 17.3 Å². The lowest BCUT2D eigenvalue weighted by Gasteiger charge is -2.37. The molecular formula is C14H26F3N. The SMILES string of the molecule is CC(C)C(C)(C)CNC1CCCCC1C(F)(F)F. The van der Waals surface area contributed by atoms with Crippen molar-refractivity contribution in [3.63, 3.8) is 0 Å². The summed E-state index contributed by atoms with van der Waals surface area (Å²) in [5.74, 6) is -0.702. The van der Waals surface area contributed by atoms with Gasteiger partial charge in [0, 0.05) is 12.6 Å². The summed E-state index contributed by atoms with van der Waals surface area (Å²) in [5.41, 5.74) is 0.0353.